The Hall–Kier alpha value is -2.08. The zero-order valence-electron chi connectivity index (χ0n) is 12.0. The first-order valence-electron chi connectivity index (χ1n) is 6.54. The van der Waals surface area contributed by atoms with Gasteiger partial charge in [0.1, 0.15) is 0 Å². The van der Waals surface area contributed by atoms with Crippen LogP contribution in [0, 0.1) is 0 Å². The molecule has 0 atom stereocenters. The molecule has 20 heavy (non-hydrogen) atoms. The Labute approximate surface area is 118 Å². The van der Waals surface area contributed by atoms with Crippen LogP contribution < -0.4 is 14.8 Å². The second-order valence-corrected chi connectivity index (χ2v) is 4.17. The van der Waals surface area contributed by atoms with Gasteiger partial charge in [0.05, 0.1) is 14.2 Å². The molecule has 0 amide bonds. The molecule has 0 radical (unpaired) electrons. The Morgan fingerprint density at radius 3 is 2.65 bits per heavy atom. The van der Waals surface area contributed by atoms with Gasteiger partial charge in [0.15, 0.2) is 11.5 Å². The van der Waals surface area contributed by atoms with E-state index in [-0.39, 0.29) is 0 Å². The fraction of sp³-hybridized carbons (Fsp3) is 0.429. The quantitative estimate of drug-likeness (QED) is 0.780. The van der Waals surface area contributed by atoms with Crippen molar-refractivity contribution in [1.29, 1.82) is 0 Å². The van der Waals surface area contributed by atoms with Crippen LogP contribution in [0.3, 0.4) is 0 Å². The standard InChI is InChI=1S/C14H19N3O3/c1-4-15-8-7-13-16-17-14(20-13)10-5-6-11(18-2)12(9-10)19-3/h5-6,9,15H,4,7-8H2,1-3H3. The maximum Gasteiger partial charge on any atom is 0.247 e. The molecule has 0 unspecified atom stereocenters. The van der Waals surface area contributed by atoms with E-state index in [1.807, 2.05) is 18.2 Å². The average Bonchev–Trinajstić information content (AvgIpc) is 2.95. The number of ether oxygens (including phenoxy) is 2. The van der Waals surface area contributed by atoms with Gasteiger partial charge in [-0.15, -0.1) is 10.2 Å². The molecule has 0 saturated heterocycles. The predicted molar refractivity (Wildman–Crippen MR) is 75.1 cm³/mol. The van der Waals surface area contributed by atoms with E-state index in [9.17, 15) is 0 Å². The summed E-state index contributed by atoms with van der Waals surface area (Å²) in [5.74, 6) is 2.41. The smallest absolute Gasteiger partial charge is 0.247 e. The number of methoxy groups -OCH3 is 2. The maximum atomic E-state index is 5.63. The van der Waals surface area contributed by atoms with Gasteiger partial charge in [-0.2, -0.15) is 0 Å². The average molecular weight is 277 g/mol. The first-order chi connectivity index (χ1) is 9.78. The lowest BCUT2D eigenvalue weighted by atomic mass is 10.2. The van der Waals surface area contributed by atoms with Crippen LogP contribution in [0.4, 0.5) is 0 Å². The first kappa shape index (κ1) is 14.3. The zero-order chi connectivity index (χ0) is 14.4. The summed E-state index contributed by atoms with van der Waals surface area (Å²) in [4.78, 5) is 0. The van der Waals surface area contributed by atoms with Gasteiger partial charge >= 0.3 is 0 Å². The molecule has 108 valence electrons. The third kappa shape index (κ3) is 3.27. The topological polar surface area (TPSA) is 69.4 Å². The lowest BCUT2D eigenvalue weighted by Crippen LogP contribution is -2.16. The zero-order valence-corrected chi connectivity index (χ0v) is 12.0. The van der Waals surface area contributed by atoms with Crippen LogP contribution >= 0.6 is 0 Å². The normalized spacial score (nSPS) is 10.6. The van der Waals surface area contributed by atoms with Gasteiger partial charge in [0.2, 0.25) is 11.8 Å². The molecule has 0 spiro atoms. The summed E-state index contributed by atoms with van der Waals surface area (Å²) in [7, 11) is 3.19. The van der Waals surface area contributed by atoms with Crippen LogP contribution in [0.5, 0.6) is 11.5 Å². The number of rotatable bonds is 7. The summed E-state index contributed by atoms with van der Waals surface area (Å²) in [5, 5.41) is 11.3. The van der Waals surface area contributed by atoms with Gasteiger partial charge in [-0.25, -0.2) is 0 Å². The number of nitrogens with zero attached hydrogens (tertiary/aromatic N) is 2. The van der Waals surface area contributed by atoms with Crippen molar-refractivity contribution >= 4 is 0 Å². The Bertz CT molecular complexity index is 554. The van der Waals surface area contributed by atoms with Gasteiger partial charge in [-0.05, 0) is 24.7 Å². The van der Waals surface area contributed by atoms with E-state index in [1.54, 1.807) is 14.2 Å². The van der Waals surface area contributed by atoms with Crippen molar-refractivity contribution < 1.29 is 13.9 Å². The molecule has 1 N–H and O–H groups in total. The van der Waals surface area contributed by atoms with E-state index >= 15 is 0 Å². The van der Waals surface area contributed by atoms with Gasteiger partial charge in [-0.3, -0.25) is 0 Å². The van der Waals surface area contributed by atoms with Gasteiger partial charge in [-0.1, -0.05) is 6.92 Å². The molecule has 0 fully saturated rings. The summed E-state index contributed by atoms with van der Waals surface area (Å²) < 4.78 is 16.1. The van der Waals surface area contributed by atoms with Crippen molar-refractivity contribution in [2.24, 2.45) is 0 Å². The van der Waals surface area contributed by atoms with Crippen LogP contribution in [0.15, 0.2) is 22.6 Å². The fourth-order valence-electron chi connectivity index (χ4n) is 1.81. The highest BCUT2D eigenvalue weighted by Crippen LogP contribution is 2.31. The lowest BCUT2D eigenvalue weighted by Gasteiger charge is -2.07. The van der Waals surface area contributed by atoms with Crippen molar-refractivity contribution in [3.8, 4) is 23.0 Å². The number of hydrogen-bond acceptors (Lipinski definition) is 6. The highest BCUT2D eigenvalue weighted by atomic mass is 16.5. The fourth-order valence-corrected chi connectivity index (χ4v) is 1.81. The number of nitrogens with one attached hydrogen (secondary N) is 1. The summed E-state index contributed by atoms with van der Waals surface area (Å²) >= 11 is 0. The van der Waals surface area contributed by atoms with E-state index in [1.165, 1.54) is 0 Å². The summed E-state index contributed by atoms with van der Waals surface area (Å²) in [6.45, 7) is 3.81. The summed E-state index contributed by atoms with van der Waals surface area (Å²) in [5.41, 5.74) is 0.810. The molecule has 0 aliphatic heterocycles. The summed E-state index contributed by atoms with van der Waals surface area (Å²) in [6, 6.07) is 5.50. The molecule has 1 aromatic heterocycles. The Kier molecular flexibility index (Phi) is 4.95. The molecule has 0 aliphatic carbocycles. The van der Waals surface area contributed by atoms with Crippen LogP contribution in [-0.2, 0) is 6.42 Å². The van der Waals surface area contributed by atoms with Crippen LogP contribution in [0.1, 0.15) is 12.8 Å². The predicted octanol–water partition coefficient (Wildman–Crippen LogP) is 1.91. The third-order valence-electron chi connectivity index (χ3n) is 2.86. The van der Waals surface area contributed by atoms with E-state index in [0.29, 0.717) is 29.7 Å². The van der Waals surface area contributed by atoms with Gasteiger partial charge in [0, 0.05) is 18.5 Å². The Balaban J connectivity index is 2.15. The van der Waals surface area contributed by atoms with Crippen LogP contribution in [0.25, 0.3) is 11.5 Å². The number of aromatic nitrogens is 2. The SMILES string of the molecule is CCNCCc1nnc(-c2ccc(OC)c(OC)c2)o1. The Morgan fingerprint density at radius 2 is 1.95 bits per heavy atom. The molecule has 0 bridgehead atoms. The number of benzene rings is 1. The van der Waals surface area contributed by atoms with Crippen molar-refractivity contribution in [3.05, 3.63) is 24.1 Å². The third-order valence-corrected chi connectivity index (χ3v) is 2.86. The highest BCUT2D eigenvalue weighted by Gasteiger charge is 2.11. The first-order valence-corrected chi connectivity index (χ1v) is 6.54. The van der Waals surface area contributed by atoms with Crippen molar-refractivity contribution in [2.45, 2.75) is 13.3 Å². The molecule has 1 aromatic carbocycles. The second kappa shape index (κ2) is 6.91. The molecule has 1 heterocycles. The van der Waals surface area contributed by atoms with Gasteiger partial charge in [0.25, 0.3) is 0 Å². The number of likely N-dealkylation sites (N-methyl/N-ethyl adjacent to an activating group) is 1. The minimum absolute atomic E-state index is 0.484. The van der Waals surface area contributed by atoms with Crippen molar-refractivity contribution in [3.63, 3.8) is 0 Å². The largest absolute Gasteiger partial charge is 0.493 e. The lowest BCUT2D eigenvalue weighted by molar-refractivity contribution is 0.355. The maximum absolute atomic E-state index is 5.63. The monoisotopic (exact) mass is 277 g/mol. The van der Waals surface area contributed by atoms with E-state index < -0.39 is 0 Å². The van der Waals surface area contributed by atoms with Crippen LogP contribution in [0.2, 0.25) is 0 Å². The highest BCUT2D eigenvalue weighted by molar-refractivity contribution is 5.59. The molecule has 6 nitrogen and oxygen atoms in total. The van der Waals surface area contributed by atoms with Crippen molar-refractivity contribution in [2.75, 3.05) is 27.3 Å². The molecule has 2 rings (SSSR count). The molecule has 0 aliphatic rings. The molecular formula is C14H19N3O3. The van der Waals surface area contributed by atoms with E-state index in [4.69, 9.17) is 13.9 Å². The Morgan fingerprint density at radius 1 is 1.15 bits per heavy atom. The van der Waals surface area contributed by atoms with E-state index in [2.05, 4.69) is 22.4 Å². The minimum Gasteiger partial charge on any atom is -0.493 e. The minimum atomic E-state index is 0.484. The number of hydrogen-bond donors (Lipinski definition) is 1. The second-order valence-electron chi connectivity index (χ2n) is 4.17. The summed E-state index contributed by atoms with van der Waals surface area (Å²) in [6.07, 6.45) is 0.716. The van der Waals surface area contributed by atoms with Crippen molar-refractivity contribution in [1.82, 2.24) is 15.5 Å². The molecule has 2 aromatic rings. The van der Waals surface area contributed by atoms with E-state index in [0.717, 1.165) is 18.7 Å². The molecule has 0 saturated carbocycles. The van der Waals surface area contributed by atoms with Gasteiger partial charge < -0.3 is 19.2 Å². The molecule has 6 heteroatoms. The van der Waals surface area contributed by atoms with Crippen LogP contribution in [-0.4, -0.2) is 37.5 Å². The molecular weight excluding hydrogens is 258 g/mol.